The largest absolute Gasteiger partial charge is 0.387 e. The smallest absolute Gasteiger partial charge is 0.0923 e. The summed E-state index contributed by atoms with van der Waals surface area (Å²) in [6.07, 6.45) is 0.849. The zero-order chi connectivity index (χ0) is 12.7. The van der Waals surface area contributed by atoms with Crippen molar-refractivity contribution >= 4 is 50.8 Å². The standard InChI is InChI=1S/C13H12ClIN2O/c1-16-12-7-6-18-5-4-10(7)17-13-8(14)2-3-9(15)11(12)13/h2-3H,4-6H2,1H3,(H,16,17). The fourth-order valence-electron chi connectivity index (χ4n) is 2.37. The van der Waals surface area contributed by atoms with Gasteiger partial charge in [0.15, 0.2) is 0 Å². The second-order valence-corrected chi connectivity index (χ2v) is 5.79. The Kier molecular flexibility index (Phi) is 3.34. The molecule has 0 spiro atoms. The first-order valence-electron chi connectivity index (χ1n) is 5.77. The van der Waals surface area contributed by atoms with Crippen molar-refractivity contribution in [2.45, 2.75) is 13.0 Å². The average molecular weight is 375 g/mol. The van der Waals surface area contributed by atoms with Crippen molar-refractivity contribution in [1.29, 1.82) is 0 Å². The van der Waals surface area contributed by atoms with Gasteiger partial charge in [-0.15, -0.1) is 0 Å². The van der Waals surface area contributed by atoms with Gasteiger partial charge in [0.1, 0.15) is 0 Å². The monoisotopic (exact) mass is 374 g/mol. The van der Waals surface area contributed by atoms with Crippen LogP contribution >= 0.6 is 34.2 Å². The zero-order valence-electron chi connectivity index (χ0n) is 9.89. The van der Waals surface area contributed by atoms with Crippen LogP contribution in [-0.2, 0) is 17.8 Å². The number of ether oxygens (including phenoxy) is 1. The minimum Gasteiger partial charge on any atom is -0.387 e. The maximum Gasteiger partial charge on any atom is 0.0923 e. The van der Waals surface area contributed by atoms with Crippen LogP contribution in [0.15, 0.2) is 12.1 Å². The van der Waals surface area contributed by atoms with Crippen molar-refractivity contribution in [1.82, 2.24) is 4.98 Å². The van der Waals surface area contributed by atoms with Crippen molar-refractivity contribution in [3.8, 4) is 0 Å². The summed E-state index contributed by atoms with van der Waals surface area (Å²) in [5, 5.41) is 5.08. The summed E-state index contributed by atoms with van der Waals surface area (Å²) in [6, 6.07) is 3.92. The molecule has 1 aliphatic heterocycles. The molecule has 0 radical (unpaired) electrons. The molecule has 1 aliphatic rings. The molecule has 0 unspecified atom stereocenters. The van der Waals surface area contributed by atoms with Crippen LogP contribution in [0.25, 0.3) is 10.9 Å². The van der Waals surface area contributed by atoms with Crippen molar-refractivity contribution in [3.63, 3.8) is 0 Å². The summed E-state index contributed by atoms with van der Waals surface area (Å²) in [4.78, 5) is 4.73. The third-order valence-corrected chi connectivity index (χ3v) is 4.41. The fraction of sp³-hybridized carbons (Fsp3) is 0.308. The first-order chi connectivity index (χ1) is 8.72. The Balaban J connectivity index is 2.44. The summed E-state index contributed by atoms with van der Waals surface area (Å²) >= 11 is 8.59. The number of fused-ring (bicyclic) bond motifs is 2. The van der Waals surface area contributed by atoms with E-state index in [1.54, 1.807) is 0 Å². The molecular formula is C13H12ClIN2O. The van der Waals surface area contributed by atoms with Crippen LogP contribution in [0.4, 0.5) is 5.69 Å². The number of hydrogen-bond donors (Lipinski definition) is 1. The van der Waals surface area contributed by atoms with Crippen LogP contribution in [0.1, 0.15) is 11.3 Å². The van der Waals surface area contributed by atoms with E-state index in [-0.39, 0.29) is 0 Å². The maximum atomic E-state index is 6.28. The number of nitrogens with one attached hydrogen (secondary N) is 1. The van der Waals surface area contributed by atoms with Gasteiger partial charge in [-0.1, -0.05) is 11.6 Å². The molecule has 0 saturated carbocycles. The summed E-state index contributed by atoms with van der Waals surface area (Å²) < 4.78 is 6.69. The van der Waals surface area contributed by atoms with Gasteiger partial charge in [-0.25, -0.2) is 0 Å². The molecule has 0 bridgehead atoms. The number of anilines is 1. The summed E-state index contributed by atoms with van der Waals surface area (Å²) in [5.74, 6) is 0. The van der Waals surface area contributed by atoms with Crippen molar-refractivity contribution in [2.24, 2.45) is 0 Å². The molecule has 0 aliphatic carbocycles. The Morgan fingerprint density at radius 3 is 3.06 bits per heavy atom. The number of nitrogens with zero attached hydrogens (tertiary/aromatic N) is 1. The highest BCUT2D eigenvalue weighted by atomic mass is 127. The molecule has 0 saturated heterocycles. The summed E-state index contributed by atoms with van der Waals surface area (Å²) in [5.41, 5.74) is 4.24. The third-order valence-electron chi connectivity index (χ3n) is 3.20. The van der Waals surface area contributed by atoms with Gasteiger partial charge in [-0.05, 0) is 34.7 Å². The van der Waals surface area contributed by atoms with Crippen LogP contribution < -0.4 is 5.32 Å². The number of hydrogen-bond acceptors (Lipinski definition) is 3. The minimum atomic E-state index is 0.622. The van der Waals surface area contributed by atoms with E-state index in [2.05, 4.69) is 27.9 Å². The molecule has 1 aromatic carbocycles. The van der Waals surface area contributed by atoms with E-state index < -0.39 is 0 Å². The lowest BCUT2D eigenvalue weighted by Crippen LogP contribution is -2.14. The van der Waals surface area contributed by atoms with E-state index in [1.807, 2.05) is 19.2 Å². The normalized spacial score (nSPS) is 14.6. The zero-order valence-corrected chi connectivity index (χ0v) is 12.8. The molecule has 18 heavy (non-hydrogen) atoms. The highest BCUT2D eigenvalue weighted by Crippen LogP contribution is 2.36. The second kappa shape index (κ2) is 4.83. The number of aromatic nitrogens is 1. The van der Waals surface area contributed by atoms with Crippen LogP contribution in [0.2, 0.25) is 5.02 Å². The Morgan fingerprint density at radius 2 is 2.28 bits per heavy atom. The van der Waals surface area contributed by atoms with Gasteiger partial charge in [-0.2, -0.15) is 0 Å². The predicted molar refractivity (Wildman–Crippen MR) is 82.4 cm³/mol. The van der Waals surface area contributed by atoms with E-state index in [0.29, 0.717) is 11.6 Å². The quantitative estimate of drug-likeness (QED) is 0.775. The van der Waals surface area contributed by atoms with Crippen LogP contribution in [-0.4, -0.2) is 18.6 Å². The molecule has 1 aromatic heterocycles. The van der Waals surface area contributed by atoms with Crippen molar-refractivity contribution in [2.75, 3.05) is 19.0 Å². The SMILES string of the molecule is CNc1c2c(nc3c(Cl)ccc(I)c13)CCOC2. The Bertz CT molecular complexity index is 630. The number of pyridine rings is 1. The van der Waals surface area contributed by atoms with Gasteiger partial charge in [-0.3, -0.25) is 4.98 Å². The van der Waals surface area contributed by atoms with Gasteiger partial charge in [0.2, 0.25) is 0 Å². The lowest BCUT2D eigenvalue weighted by Gasteiger charge is -2.21. The van der Waals surface area contributed by atoms with Gasteiger partial charge in [0.25, 0.3) is 0 Å². The van der Waals surface area contributed by atoms with Gasteiger partial charge >= 0.3 is 0 Å². The predicted octanol–water partition coefficient (Wildman–Crippen LogP) is 3.61. The molecule has 3 rings (SSSR count). The average Bonchev–Trinajstić information content (AvgIpc) is 2.41. The lowest BCUT2D eigenvalue weighted by atomic mass is 10.0. The van der Waals surface area contributed by atoms with Gasteiger partial charge in [0, 0.05) is 28.0 Å². The topological polar surface area (TPSA) is 34.2 Å². The van der Waals surface area contributed by atoms with E-state index >= 15 is 0 Å². The van der Waals surface area contributed by atoms with E-state index in [9.17, 15) is 0 Å². The van der Waals surface area contributed by atoms with E-state index in [0.717, 1.165) is 44.4 Å². The van der Waals surface area contributed by atoms with E-state index in [1.165, 1.54) is 0 Å². The Morgan fingerprint density at radius 1 is 1.44 bits per heavy atom. The third kappa shape index (κ3) is 1.87. The van der Waals surface area contributed by atoms with Gasteiger partial charge in [0.05, 0.1) is 35.1 Å². The highest BCUT2D eigenvalue weighted by Gasteiger charge is 2.20. The summed E-state index contributed by atoms with van der Waals surface area (Å²) in [7, 11) is 1.93. The number of halogens is 2. The first kappa shape index (κ1) is 12.4. The molecule has 0 atom stereocenters. The minimum absolute atomic E-state index is 0.622. The molecule has 2 heterocycles. The van der Waals surface area contributed by atoms with Crippen LogP contribution in [0.3, 0.4) is 0 Å². The molecule has 0 amide bonds. The molecule has 1 N–H and O–H groups in total. The number of benzene rings is 1. The molecule has 2 aromatic rings. The fourth-order valence-corrected chi connectivity index (χ4v) is 3.27. The van der Waals surface area contributed by atoms with Crippen molar-refractivity contribution < 1.29 is 4.74 Å². The number of rotatable bonds is 1. The summed E-state index contributed by atoms with van der Waals surface area (Å²) in [6.45, 7) is 1.35. The molecular weight excluding hydrogens is 363 g/mol. The lowest BCUT2D eigenvalue weighted by molar-refractivity contribution is 0.110. The Hall–Kier alpha value is -0.590. The first-order valence-corrected chi connectivity index (χ1v) is 7.23. The van der Waals surface area contributed by atoms with Crippen LogP contribution in [0.5, 0.6) is 0 Å². The van der Waals surface area contributed by atoms with Gasteiger partial charge < -0.3 is 10.1 Å². The molecule has 3 nitrogen and oxygen atoms in total. The van der Waals surface area contributed by atoms with Crippen molar-refractivity contribution in [3.05, 3.63) is 32.0 Å². The molecule has 0 fully saturated rings. The highest BCUT2D eigenvalue weighted by molar-refractivity contribution is 14.1. The van der Waals surface area contributed by atoms with E-state index in [4.69, 9.17) is 21.3 Å². The van der Waals surface area contributed by atoms with Crippen LogP contribution in [0, 0.1) is 3.57 Å². The Labute approximate surface area is 124 Å². The molecule has 5 heteroatoms. The maximum absolute atomic E-state index is 6.28. The second-order valence-electron chi connectivity index (χ2n) is 4.22. The molecule has 94 valence electrons.